The summed E-state index contributed by atoms with van der Waals surface area (Å²) in [5.74, 6) is -0.241. The molecule has 12 unspecified atom stereocenters. The molecule has 2 heterocycles. The number of hydrogen-bond donors (Lipinski definition) is 9. The van der Waals surface area contributed by atoms with Crippen molar-refractivity contribution >= 4 is 5.91 Å². The lowest BCUT2D eigenvalue weighted by atomic mass is 9.97. The number of carbonyl (C=O) groups is 1. The lowest BCUT2D eigenvalue weighted by molar-refractivity contribution is -0.359. The fourth-order valence-corrected chi connectivity index (χ4v) is 14.3. The first-order valence-corrected chi connectivity index (χ1v) is 43.5. The molecule has 14 heteroatoms. The molecule has 0 radical (unpaired) electrons. The highest BCUT2D eigenvalue weighted by atomic mass is 16.7. The number of carbonyl (C=O) groups excluding carboxylic acids is 1. The van der Waals surface area contributed by atoms with Gasteiger partial charge in [-0.05, 0) is 70.6 Å². The first-order valence-electron chi connectivity index (χ1n) is 43.5. The van der Waals surface area contributed by atoms with E-state index in [1.165, 1.54) is 321 Å². The maximum absolute atomic E-state index is 13.4. The third-order valence-corrected chi connectivity index (χ3v) is 21.2. The number of unbranched alkanes of at least 4 members (excludes halogenated alkanes) is 53. The van der Waals surface area contributed by atoms with Crippen LogP contribution in [0.2, 0.25) is 0 Å². The number of aliphatic hydroxyl groups is 8. The molecule has 14 nitrogen and oxygen atoms in total. The number of amides is 1. The maximum atomic E-state index is 13.4. The maximum Gasteiger partial charge on any atom is 0.220 e. The summed E-state index contributed by atoms with van der Waals surface area (Å²) in [6, 6.07) is -0.933. The van der Waals surface area contributed by atoms with Gasteiger partial charge in [-0.1, -0.05) is 383 Å². The van der Waals surface area contributed by atoms with E-state index in [2.05, 4.69) is 67.8 Å². The molecule has 0 aromatic heterocycles. The SMILES string of the molecule is CCCCCCC/C=C\C/C=C\C/C=C\CCCCCCCCCCCCCCCCCCCCCCCCCCCCC(=O)NC(COC1OC(CO)C(OC2OC(CO)C(O)C(O)C2O)C(O)C1O)C(O)/C=C/CC/C=C/CCCCCCCCCCCCCCCCCCCCCCC. The summed E-state index contributed by atoms with van der Waals surface area (Å²) in [6.07, 6.45) is 81.9. The highest BCUT2D eigenvalue weighted by Crippen LogP contribution is 2.30. The summed E-state index contributed by atoms with van der Waals surface area (Å²) < 4.78 is 22.9. The zero-order chi connectivity index (χ0) is 73.7. The highest BCUT2D eigenvalue weighted by Gasteiger charge is 2.51. The fourth-order valence-electron chi connectivity index (χ4n) is 14.3. The topological polar surface area (TPSA) is 228 Å². The summed E-state index contributed by atoms with van der Waals surface area (Å²) in [6.45, 7) is 2.83. The van der Waals surface area contributed by atoms with E-state index in [1.54, 1.807) is 6.08 Å². The first kappa shape index (κ1) is 95.8. The molecule has 2 fully saturated rings. The van der Waals surface area contributed by atoms with Crippen molar-refractivity contribution in [3.05, 3.63) is 60.8 Å². The van der Waals surface area contributed by atoms with E-state index in [9.17, 15) is 45.6 Å². The average molecular weight is 1440 g/mol. The Bertz CT molecular complexity index is 1950. The molecule has 2 aliphatic rings. The zero-order valence-electron chi connectivity index (χ0n) is 65.9. The van der Waals surface area contributed by atoms with Gasteiger partial charge in [-0.3, -0.25) is 4.79 Å². The first-order chi connectivity index (χ1) is 50.1. The molecular weight excluding hydrogens is 1280 g/mol. The van der Waals surface area contributed by atoms with E-state index >= 15 is 0 Å². The highest BCUT2D eigenvalue weighted by molar-refractivity contribution is 5.76. The van der Waals surface area contributed by atoms with Gasteiger partial charge in [0.15, 0.2) is 12.6 Å². The van der Waals surface area contributed by atoms with Crippen LogP contribution in [-0.4, -0.2) is 140 Å². The molecule has 1 amide bonds. The lowest BCUT2D eigenvalue weighted by Crippen LogP contribution is -2.65. The van der Waals surface area contributed by atoms with E-state index in [1.807, 2.05) is 6.08 Å². The van der Waals surface area contributed by atoms with E-state index < -0.39 is 86.8 Å². The van der Waals surface area contributed by atoms with Crippen LogP contribution in [0.5, 0.6) is 0 Å². The molecule has 0 saturated carbocycles. The summed E-state index contributed by atoms with van der Waals surface area (Å²) >= 11 is 0. The number of allylic oxidation sites excluding steroid dienone is 9. The summed E-state index contributed by atoms with van der Waals surface area (Å²) in [5.41, 5.74) is 0. The predicted octanol–water partition coefficient (Wildman–Crippen LogP) is 20.7. The Labute approximate surface area is 626 Å². The summed E-state index contributed by atoms with van der Waals surface area (Å²) in [5, 5.41) is 87.7. The fraction of sp³-hybridized carbons (Fsp3) is 0.875. The van der Waals surface area contributed by atoms with Crippen molar-refractivity contribution in [1.82, 2.24) is 5.32 Å². The summed E-state index contributed by atoms with van der Waals surface area (Å²) in [4.78, 5) is 13.4. The van der Waals surface area contributed by atoms with Gasteiger partial charge in [0, 0.05) is 6.42 Å². The van der Waals surface area contributed by atoms with Crippen molar-refractivity contribution in [1.29, 1.82) is 0 Å². The van der Waals surface area contributed by atoms with Crippen LogP contribution in [0.4, 0.5) is 0 Å². The Kier molecular flexibility index (Phi) is 67.2. The van der Waals surface area contributed by atoms with E-state index in [0.29, 0.717) is 12.8 Å². The second kappa shape index (κ2) is 71.6. The van der Waals surface area contributed by atoms with Gasteiger partial charge in [0.2, 0.25) is 5.91 Å². The van der Waals surface area contributed by atoms with Gasteiger partial charge in [0.05, 0.1) is 32.0 Å². The normalized spacial score (nSPS) is 21.9. The van der Waals surface area contributed by atoms with Crippen LogP contribution < -0.4 is 5.32 Å². The van der Waals surface area contributed by atoms with Gasteiger partial charge in [-0.2, -0.15) is 0 Å². The Hall–Kier alpha value is -2.31. The predicted molar refractivity (Wildman–Crippen MR) is 424 cm³/mol. The number of rotatable bonds is 74. The minimum absolute atomic E-state index is 0.241. The molecule has 12 atom stereocenters. The molecule has 2 saturated heterocycles. The summed E-state index contributed by atoms with van der Waals surface area (Å²) in [7, 11) is 0. The Morgan fingerprint density at radius 3 is 1.03 bits per heavy atom. The molecule has 0 aliphatic carbocycles. The van der Waals surface area contributed by atoms with Crippen molar-refractivity contribution in [2.75, 3.05) is 19.8 Å². The number of aliphatic hydroxyl groups excluding tert-OH is 8. The van der Waals surface area contributed by atoms with E-state index in [0.717, 1.165) is 44.9 Å². The molecule has 0 bridgehead atoms. The molecule has 0 aromatic rings. The second-order valence-corrected chi connectivity index (χ2v) is 30.7. The molecule has 0 aromatic carbocycles. The van der Waals surface area contributed by atoms with Gasteiger partial charge in [-0.15, -0.1) is 0 Å². The van der Waals surface area contributed by atoms with Gasteiger partial charge >= 0.3 is 0 Å². The Balaban J connectivity index is 1.57. The lowest BCUT2D eigenvalue weighted by Gasteiger charge is -2.46. The number of nitrogens with one attached hydrogen (secondary N) is 1. The second-order valence-electron chi connectivity index (χ2n) is 30.7. The Morgan fingerprint density at radius 2 is 0.657 bits per heavy atom. The number of hydrogen-bond acceptors (Lipinski definition) is 13. The van der Waals surface area contributed by atoms with Gasteiger partial charge in [0.1, 0.15) is 48.8 Å². The van der Waals surface area contributed by atoms with Crippen LogP contribution in [0, 0.1) is 0 Å². The monoisotopic (exact) mass is 1440 g/mol. The van der Waals surface area contributed by atoms with Crippen LogP contribution >= 0.6 is 0 Å². The average Bonchev–Trinajstić information content (AvgIpc) is 0.790. The van der Waals surface area contributed by atoms with E-state index in [4.69, 9.17) is 18.9 Å². The van der Waals surface area contributed by atoms with Crippen LogP contribution in [0.1, 0.15) is 399 Å². The molecular formula is C88H163NO13. The van der Waals surface area contributed by atoms with Gasteiger partial charge < -0.3 is 65.1 Å². The smallest absolute Gasteiger partial charge is 0.220 e. The number of ether oxygens (including phenoxy) is 4. The van der Waals surface area contributed by atoms with Crippen LogP contribution in [0.3, 0.4) is 0 Å². The van der Waals surface area contributed by atoms with Crippen LogP contribution in [0.15, 0.2) is 60.8 Å². The zero-order valence-corrected chi connectivity index (χ0v) is 65.9. The molecule has 2 rings (SSSR count). The Morgan fingerprint density at radius 1 is 0.353 bits per heavy atom. The van der Waals surface area contributed by atoms with Crippen molar-refractivity contribution in [3.63, 3.8) is 0 Å². The molecule has 598 valence electrons. The van der Waals surface area contributed by atoms with Gasteiger partial charge in [-0.25, -0.2) is 0 Å². The minimum atomic E-state index is -1.79. The standard InChI is InChI=1S/C88H163NO13/c1-3-5-7-9-11-13-15-17-19-21-23-25-27-29-31-32-33-34-35-36-37-38-39-40-41-42-43-44-46-48-50-52-54-56-58-60-62-64-66-68-70-72-80(93)89-76(75-99-87-85(98)83(96)86(79(74-91)101-87)102-88-84(97)82(95)81(94)78(73-90)100-88)77(92)71-69-67-65-63-61-59-57-55-53-51-49-47-45-30-28-26-24-22-20-18-16-14-12-10-8-6-4-2/h15,17,21,23,27,29,61,63,69,71,76-79,81-88,90-92,94-98H,3-14,16,18-20,22,24-26,28,30-60,62,64-68,70,72-75H2,1-2H3,(H,89,93)/b17-15-,23-21-,29-27-,63-61+,71-69+. The molecule has 0 spiro atoms. The molecule has 102 heavy (non-hydrogen) atoms. The minimum Gasteiger partial charge on any atom is -0.394 e. The largest absolute Gasteiger partial charge is 0.394 e. The van der Waals surface area contributed by atoms with Gasteiger partial charge in [0.25, 0.3) is 0 Å². The third kappa shape index (κ3) is 53.5. The van der Waals surface area contributed by atoms with Crippen LogP contribution in [-0.2, 0) is 23.7 Å². The van der Waals surface area contributed by atoms with E-state index in [-0.39, 0.29) is 18.9 Å². The van der Waals surface area contributed by atoms with Crippen molar-refractivity contribution in [2.45, 2.75) is 473 Å². The van der Waals surface area contributed by atoms with Crippen LogP contribution in [0.25, 0.3) is 0 Å². The molecule has 9 N–H and O–H groups in total. The molecule has 2 aliphatic heterocycles. The van der Waals surface area contributed by atoms with Crippen molar-refractivity contribution in [2.24, 2.45) is 0 Å². The third-order valence-electron chi connectivity index (χ3n) is 21.2. The van der Waals surface area contributed by atoms with Crippen molar-refractivity contribution < 1.29 is 64.6 Å². The van der Waals surface area contributed by atoms with Crippen molar-refractivity contribution in [3.8, 4) is 0 Å². The quantitative estimate of drug-likeness (QED) is 0.0204.